The molecule has 0 bridgehead atoms. The Balaban J connectivity index is 1.70. The van der Waals surface area contributed by atoms with Crippen LogP contribution in [0.3, 0.4) is 0 Å². The Morgan fingerprint density at radius 2 is 1.77 bits per heavy atom. The van der Waals surface area contributed by atoms with Crippen LogP contribution in [0.15, 0.2) is 42.5 Å². The number of anilines is 2. The SMILES string of the molecule is COc1ccccc1N1CCN(C(=O)CN(c2ccc(Cl)cc2Cl)S(C)(=O)=O)CC1. The van der Waals surface area contributed by atoms with Crippen LogP contribution in [0.1, 0.15) is 0 Å². The highest BCUT2D eigenvalue weighted by molar-refractivity contribution is 7.92. The molecule has 0 N–H and O–H groups in total. The van der Waals surface area contributed by atoms with Crippen molar-refractivity contribution >= 4 is 50.5 Å². The molecule has 1 aliphatic heterocycles. The number of rotatable bonds is 6. The van der Waals surface area contributed by atoms with Gasteiger partial charge in [0.15, 0.2) is 0 Å². The van der Waals surface area contributed by atoms with E-state index in [9.17, 15) is 13.2 Å². The second kappa shape index (κ2) is 9.32. The first-order chi connectivity index (χ1) is 14.2. The zero-order valence-electron chi connectivity index (χ0n) is 16.7. The van der Waals surface area contributed by atoms with Crippen molar-refractivity contribution in [2.75, 3.05) is 55.3 Å². The van der Waals surface area contributed by atoms with Gasteiger partial charge in [0.1, 0.15) is 12.3 Å². The summed E-state index contributed by atoms with van der Waals surface area (Å²) >= 11 is 12.1. The predicted octanol–water partition coefficient (Wildman–Crippen LogP) is 3.12. The van der Waals surface area contributed by atoms with Crippen LogP contribution in [0.4, 0.5) is 11.4 Å². The van der Waals surface area contributed by atoms with Gasteiger partial charge in [0.2, 0.25) is 15.9 Å². The molecular weight excluding hydrogens is 449 g/mol. The number of carbonyl (C=O) groups is 1. The van der Waals surface area contributed by atoms with Crippen molar-refractivity contribution in [1.29, 1.82) is 0 Å². The number of hydrogen-bond donors (Lipinski definition) is 0. The summed E-state index contributed by atoms with van der Waals surface area (Å²) in [6.45, 7) is 1.86. The quantitative estimate of drug-likeness (QED) is 0.647. The van der Waals surface area contributed by atoms with Gasteiger partial charge in [-0.25, -0.2) is 8.42 Å². The summed E-state index contributed by atoms with van der Waals surface area (Å²) in [6.07, 6.45) is 1.05. The molecule has 2 aromatic carbocycles. The average molecular weight is 472 g/mol. The second-order valence-electron chi connectivity index (χ2n) is 6.91. The number of piperazine rings is 1. The molecule has 2 aromatic rings. The second-order valence-corrected chi connectivity index (χ2v) is 9.66. The van der Waals surface area contributed by atoms with Gasteiger partial charge in [0, 0.05) is 31.2 Å². The number of nitrogens with zero attached hydrogens (tertiary/aromatic N) is 3. The monoisotopic (exact) mass is 471 g/mol. The van der Waals surface area contributed by atoms with E-state index in [1.807, 2.05) is 24.3 Å². The first-order valence-corrected chi connectivity index (χ1v) is 11.9. The van der Waals surface area contributed by atoms with Gasteiger partial charge in [-0.05, 0) is 30.3 Å². The van der Waals surface area contributed by atoms with Gasteiger partial charge in [-0.3, -0.25) is 9.10 Å². The Bertz CT molecular complexity index is 1020. The van der Waals surface area contributed by atoms with Crippen LogP contribution in [-0.2, 0) is 14.8 Å². The number of ether oxygens (including phenoxy) is 1. The zero-order chi connectivity index (χ0) is 21.9. The van der Waals surface area contributed by atoms with Gasteiger partial charge < -0.3 is 14.5 Å². The lowest BCUT2D eigenvalue weighted by atomic mass is 10.2. The minimum Gasteiger partial charge on any atom is -0.495 e. The molecule has 0 aromatic heterocycles. The van der Waals surface area contributed by atoms with Gasteiger partial charge in [-0.2, -0.15) is 0 Å². The van der Waals surface area contributed by atoms with E-state index in [-0.39, 0.29) is 23.2 Å². The van der Waals surface area contributed by atoms with Crippen LogP contribution in [0.2, 0.25) is 10.0 Å². The molecule has 1 fully saturated rings. The van der Waals surface area contributed by atoms with Gasteiger partial charge in [0.25, 0.3) is 0 Å². The summed E-state index contributed by atoms with van der Waals surface area (Å²) < 4.78 is 31.1. The molecule has 10 heteroatoms. The molecule has 1 saturated heterocycles. The van der Waals surface area contributed by atoms with Gasteiger partial charge >= 0.3 is 0 Å². The van der Waals surface area contributed by atoms with Crippen LogP contribution in [0.25, 0.3) is 0 Å². The van der Waals surface area contributed by atoms with E-state index in [0.717, 1.165) is 22.0 Å². The number of sulfonamides is 1. The lowest BCUT2D eigenvalue weighted by Crippen LogP contribution is -2.52. The summed E-state index contributed by atoms with van der Waals surface area (Å²) in [5.74, 6) is 0.490. The number of amides is 1. The van der Waals surface area contributed by atoms with E-state index < -0.39 is 10.0 Å². The molecule has 0 aliphatic carbocycles. The Labute approximate surface area is 186 Å². The average Bonchev–Trinajstić information content (AvgIpc) is 2.71. The number of methoxy groups -OCH3 is 1. The summed E-state index contributed by atoms with van der Waals surface area (Å²) in [4.78, 5) is 16.7. The van der Waals surface area contributed by atoms with Crippen molar-refractivity contribution in [2.24, 2.45) is 0 Å². The minimum absolute atomic E-state index is 0.168. The molecule has 7 nitrogen and oxygen atoms in total. The molecule has 0 saturated carbocycles. The van der Waals surface area contributed by atoms with E-state index in [4.69, 9.17) is 27.9 Å². The van der Waals surface area contributed by atoms with E-state index in [1.54, 1.807) is 12.0 Å². The summed E-state index contributed by atoms with van der Waals surface area (Å²) in [7, 11) is -2.09. The summed E-state index contributed by atoms with van der Waals surface area (Å²) in [5, 5.41) is 0.553. The van der Waals surface area contributed by atoms with E-state index in [1.165, 1.54) is 18.2 Å². The van der Waals surface area contributed by atoms with E-state index in [0.29, 0.717) is 31.2 Å². The molecule has 1 amide bonds. The maximum Gasteiger partial charge on any atom is 0.243 e. The first kappa shape index (κ1) is 22.5. The number of hydrogen-bond acceptors (Lipinski definition) is 5. The molecule has 0 unspecified atom stereocenters. The van der Waals surface area contributed by atoms with Crippen molar-refractivity contribution in [1.82, 2.24) is 4.90 Å². The van der Waals surface area contributed by atoms with Crippen molar-refractivity contribution in [2.45, 2.75) is 0 Å². The summed E-state index contributed by atoms with van der Waals surface area (Å²) in [6, 6.07) is 12.2. The number of carbonyl (C=O) groups excluding carboxylic acids is 1. The third-order valence-electron chi connectivity index (χ3n) is 4.92. The Hall–Kier alpha value is -2.16. The van der Waals surface area contributed by atoms with Crippen LogP contribution in [0, 0.1) is 0 Å². The standard InChI is InChI=1S/C20H23Cl2N3O4S/c1-29-19-6-4-3-5-18(19)23-9-11-24(12-10-23)20(26)14-25(30(2,27)28)17-8-7-15(21)13-16(17)22/h3-8,13H,9-12,14H2,1-2H3. The van der Waals surface area contributed by atoms with E-state index in [2.05, 4.69) is 4.90 Å². The lowest BCUT2D eigenvalue weighted by Gasteiger charge is -2.37. The molecule has 0 atom stereocenters. The molecular formula is C20H23Cl2N3O4S. The van der Waals surface area contributed by atoms with Crippen molar-refractivity contribution in [3.63, 3.8) is 0 Å². The molecule has 0 radical (unpaired) electrons. The third-order valence-corrected chi connectivity index (χ3v) is 6.58. The summed E-state index contributed by atoms with van der Waals surface area (Å²) in [5.41, 5.74) is 1.20. The molecule has 3 rings (SSSR count). The predicted molar refractivity (Wildman–Crippen MR) is 120 cm³/mol. The molecule has 1 aliphatic rings. The minimum atomic E-state index is -3.72. The maximum atomic E-state index is 12.9. The maximum absolute atomic E-state index is 12.9. The molecule has 30 heavy (non-hydrogen) atoms. The van der Waals surface area contributed by atoms with Crippen molar-refractivity contribution in [3.05, 3.63) is 52.5 Å². The highest BCUT2D eigenvalue weighted by Crippen LogP contribution is 2.31. The van der Waals surface area contributed by atoms with Crippen LogP contribution < -0.4 is 13.9 Å². The zero-order valence-corrected chi connectivity index (χ0v) is 19.0. The van der Waals surface area contributed by atoms with Crippen molar-refractivity contribution in [3.8, 4) is 5.75 Å². The normalized spacial score (nSPS) is 14.5. The number of benzene rings is 2. The van der Waals surface area contributed by atoms with Crippen LogP contribution in [0.5, 0.6) is 5.75 Å². The Morgan fingerprint density at radius 3 is 2.37 bits per heavy atom. The smallest absolute Gasteiger partial charge is 0.243 e. The van der Waals surface area contributed by atoms with Gasteiger partial charge in [0.05, 0.1) is 29.8 Å². The van der Waals surface area contributed by atoms with Gasteiger partial charge in [-0.15, -0.1) is 0 Å². The topological polar surface area (TPSA) is 70.2 Å². The van der Waals surface area contributed by atoms with Gasteiger partial charge in [-0.1, -0.05) is 35.3 Å². The Morgan fingerprint density at radius 1 is 1.10 bits per heavy atom. The fourth-order valence-corrected chi connectivity index (χ4v) is 4.80. The first-order valence-electron chi connectivity index (χ1n) is 9.29. The number of para-hydroxylation sites is 2. The largest absolute Gasteiger partial charge is 0.495 e. The lowest BCUT2D eigenvalue weighted by molar-refractivity contribution is -0.129. The number of halogens is 2. The van der Waals surface area contributed by atoms with E-state index >= 15 is 0 Å². The molecule has 1 heterocycles. The fraction of sp³-hybridized carbons (Fsp3) is 0.350. The fourth-order valence-electron chi connectivity index (χ4n) is 3.38. The molecule has 162 valence electrons. The van der Waals surface area contributed by atoms with Crippen molar-refractivity contribution < 1.29 is 17.9 Å². The van der Waals surface area contributed by atoms with Crippen LogP contribution in [-0.4, -0.2) is 65.3 Å². The third kappa shape index (κ3) is 5.11. The highest BCUT2D eigenvalue weighted by Gasteiger charge is 2.28. The van der Waals surface area contributed by atoms with Crippen LogP contribution >= 0.6 is 23.2 Å². The molecule has 0 spiro atoms. The highest BCUT2D eigenvalue weighted by atomic mass is 35.5. The Kier molecular flexibility index (Phi) is 7.00.